The van der Waals surface area contributed by atoms with Crippen molar-refractivity contribution in [1.29, 1.82) is 0 Å². The summed E-state index contributed by atoms with van der Waals surface area (Å²) in [6.07, 6.45) is 0. The topological polar surface area (TPSA) is 18.5 Å². The summed E-state index contributed by atoms with van der Waals surface area (Å²) >= 11 is 0. The van der Waals surface area contributed by atoms with Gasteiger partial charge in [0.25, 0.3) is 0 Å². The molecule has 0 aliphatic rings. The van der Waals surface area contributed by atoms with Gasteiger partial charge in [-0.3, -0.25) is 0 Å². The van der Waals surface area contributed by atoms with Crippen molar-refractivity contribution >= 4 is 0 Å². The van der Waals surface area contributed by atoms with Gasteiger partial charge in [0, 0.05) is 13.7 Å². The second-order valence-corrected chi connectivity index (χ2v) is 2.33. The highest BCUT2D eigenvalue weighted by Crippen LogP contribution is 1.92. The van der Waals surface area contributed by atoms with Crippen LogP contribution in [0.15, 0.2) is 0 Å². The van der Waals surface area contributed by atoms with Crippen LogP contribution in [0.5, 0.6) is 0 Å². The van der Waals surface area contributed by atoms with Gasteiger partial charge in [0.05, 0.1) is 6.61 Å². The Morgan fingerprint density at radius 1 is 1.44 bits per heavy atom. The van der Waals surface area contributed by atoms with Crippen LogP contribution in [-0.2, 0) is 9.47 Å². The molecular formula is C7H15O2. The molecule has 0 heterocycles. The smallest absolute Gasteiger partial charge is 0.109 e. The summed E-state index contributed by atoms with van der Waals surface area (Å²) < 4.78 is 9.83. The van der Waals surface area contributed by atoms with Crippen LogP contribution < -0.4 is 0 Å². The average Bonchev–Trinajstić information content (AvgIpc) is 1.80. The first-order valence-corrected chi connectivity index (χ1v) is 3.19. The van der Waals surface area contributed by atoms with E-state index in [1.165, 1.54) is 0 Å². The first-order chi connectivity index (χ1) is 4.27. The van der Waals surface area contributed by atoms with Crippen LogP contribution in [0.4, 0.5) is 0 Å². The summed E-state index contributed by atoms with van der Waals surface area (Å²) in [5, 5.41) is 0. The maximum Gasteiger partial charge on any atom is 0.109 e. The normalized spacial score (nSPS) is 10.7. The molecule has 0 fully saturated rings. The van der Waals surface area contributed by atoms with Gasteiger partial charge < -0.3 is 9.47 Å². The zero-order valence-electron chi connectivity index (χ0n) is 6.39. The summed E-state index contributed by atoms with van der Waals surface area (Å²) in [6.45, 7) is 7.27. The van der Waals surface area contributed by atoms with E-state index in [1.54, 1.807) is 13.7 Å². The molecule has 0 aromatic heterocycles. The molecule has 0 rings (SSSR count). The van der Waals surface area contributed by atoms with Gasteiger partial charge >= 0.3 is 0 Å². The largest absolute Gasteiger partial charge is 0.378 e. The molecule has 2 heteroatoms. The molecule has 0 saturated heterocycles. The molecule has 55 valence electrons. The van der Waals surface area contributed by atoms with Crippen LogP contribution in [-0.4, -0.2) is 20.3 Å². The fourth-order valence-electron chi connectivity index (χ4n) is 0.420. The van der Waals surface area contributed by atoms with Crippen molar-refractivity contribution in [2.45, 2.75) is 13.8 Å². The molecule has 0 aromatic carbocycles. The van der Waals surface area contributed by atoms with Crippen molar-refractivity contribution < 1.29 is 9.47 Å². The van der Waals surface area contributed by atoms with Crippen LogP contribution in [0, 0.1) is 12.5 Å². The summed E-state index contributed by atoms with van der Waals surface area (Å²) in [5.41, 5.74) is 0. The van der Waals surface area contributed by atoms with Crippen LogP contribution in [0.1, 0.15) is 13.8 Å². The predicted octanol–water partition coefficient (Wildman–Crippen LogP) is 1.47. The van der Waals surface area contributed by atoms with E-state index >= 15 is 0 Å². The van der Waals surface area contributed by atoms with E-state index in [0.717, 1.165) is 6.61 Å². The van der Waals surface area contributed by atoms with Gasteiger partial charge in [-0.2, -0.15) is 0 Å². The maximum atomic E-state index is 5.15. The van der Waals surface area contributed by atoms with Gasteiger partial charge in [-0.25, -0.2) is 0 Å². The van der Waals surface area contributed by atoms with Gasteiger partial charge in [-0.1, -0.05) is 13.8 Å². The highest BCUT2D eigenvalue weighted by atomic mass is 16.5. The molecule has 0 bridgehead atoms. The second-order valence-electron chi connectivity index (χ2n) is 2.33. The van der Waals surface area contributed by atoms with E-state index in [4.69, 9.17) is 4.74 Å². The first-order valence-electron chi connectivity index (χ1n) is 3.19. The molecular weight excluding hydrogens is 116 g/mol. The lowest BCUT2D eigenvalue weighted by molar-refractivity contribution is 0.0901. The summed E-state index contributed by atoms with van der Waals surface area (Å²) in [4.78, 5) is 0. The molecule has 0 amide bonds. The van der Waals surface area contributed by atoms with E-state index in [0.29, 0.717) is 12.5 Å². The van der Waals surface area contributed by atoms with Crippen molar-refractivity contribution in [3.63, 3.8) is 0 Å². The van der Waals surface area contributed by atoms with Crippen molar-refractivity contribution in [2.75, 3.05) is 20.3 Å². The van der Waals surface area contributed by atoms with Crippen LogP contribution >= 0.6 is 0 Å². The quantitative estimate of drug-likeness (QED) is 0.526. The predicted molar refractivity (Wildman–Crippen MR) is 37.0 cm³/mol. The maximum absolute atomic E-state index is 5.15. The third kappa shape index (κ3) is 7.92. The summed E-state index contributed by atoms with van der Waals surface area (Å²) in [6, 6.07) is 0. The van der Waals surface area contributed by atoms with Gasteiger partial charge in [0.1, 0.15) is 6.61 Å². The summed E-state index contributed by atoms with van der Waals surface area (Å²) in [5.74, 6) is 0.607. The Hall–Kier alpha value is -0.0800. The number of hydrogen-bond acceptors (Lipinski definition) is 2. The van der Waals surface area contributed by atoms with E-state index < -0.39 is 0 Å². The molecule has 0 spiro atoms. The van der Waals surface area contributed by atoms with Crippen LogP contribution in [0.25, 0.3) is 0 Å². The van der Waals surface area contributed by atoms with Crippen LogP contribution in [0.2, 0.25) is 0 Å². The fourth-order valence-corrected chi connectivity index (χ4v) is 0.420. The zero-order chi connectivity index (χ0) is 7.11. The first kappa shape index (κ1) is 8.92. The molecule has 0 aliphatic heterocycles. The number of methoxy groups -OCH3 is 1. The fraction of sp³-hybridized carbons (Fsp3) is 0.857. The number of ether oxygens (including phenoxy) is 2. The Morgan fingerprint density at radius 2 is 2.11 bits per heavy atom. The third-order valence-electron chi connectivity index (χ3n) is 0.804. The SMILES string of the molecule is CO[CH]COCC(C)C. The minimum Gasteiger partial charge on any atom is -0.378 e. The second kappa shape index (κ2) is 6.05. The highest BCUT2D eigenvalue weighted by molar-refractivity contribution is 4.46. The minimum atomic E-state index is 0.592. The number of hydrogen-bond donors (Lipinski definition) is 0. The molecule has 0 unspecified atom stereocenters. The van der Waals surface area contributed by atoms with Crippen molar-refractivity contribution in [1.82, 2.24) is 0 Å². The standard InChI is InChI=1S/C7H15O2/c1-7(2)6-9-5-4-8-3/h4,7H,5-6H2,1-3H3. The van der Waals surface area contributed by atoms with Gasteiger partial charge in [0.2, 0.25) is 0 Å². The molecule has 0 saturated carbocycles. The monoisotopic (exact) mass is 131 g/mol. The van der Waals surface area contributed by atoms with E-state index in [-0.39, 0.29) is 0 Å². The zero-order valence-corrected chi connectivity index (χ0v) is 6.39. The highest BCUT2D eigenvalue weighted by Gasteiger charge is 1.91. The Balaban J connectivity index is 2.75. The minimum absolute atomic E-state index is 0.592. The van der Waals surface area contributed by atoms with Gasteiger partial charge in [-0.15, -0.1) is 0 Å². The lowest BCUT2D eigenvalue weighted by Gasteiger charge is -2.04. The van der Waals surface area contributed by atoms with E-state index in [1.807, 2.05) is 0 Å². The Labute approximate surface area is 57.2 Å². The molecule has 1 radical (unpaired) electrons. The van der Waals surface area contributed by atoms with Gasteiger partial charge in [0.15, 0.2) is 0 Å². The molecule has 0 aromatic rings. The van der Waals surface area contributed by atoms with E-state index in [9.17, 15) is 0 Å². The molecule has 9 heavy (non-hydrogen) atoms. The Morgan fingerprint density at radius 3 is 2.56 bits per heavy atom. The molecule has 2 nitrogen and oxygen atoms in total. The third-order valence-corrected chi connectivity index (χ3v) is 0.804. The molecule has 0 atom stereocenters. The van der Waals surface area contributed by atoms with Crippen molar-refractivity contribution in [3.05, 3.63) is 6.61 Å². The molecule has 0 aliphatic carbocycles. The Bertz CT molecular complexity index is 52.9. The average molecular weight is 131 g/mol. The number of rotatable bonds is 5. The van der Waals surface area contributed by atoms with Crippen molar-refractivity contribution in [2.24, 2.45) is 5.92 Å². The van der Waals surface area contributed by atoms with E-state index in [2.05, 4.69) is 18.6 Å². The van der Waals surface area contributed by atoms with Gasteiger partial charge in [-0.05, 0) is 5.92 Å². The molecule has 0 N–H and O–H groups in total. The lowest BCUT2D eigenvalue weighted by atomic mass is 10.2. The lowest BCUT2D eigenvalue weighted by Crippen LogP contribution is -2.03. The summed E-state index contributed by atoms with van der Waals surface area (Å²) in [7, 11) is 1.62. The van der Waals surface area contributed by atoms with Crippen molar-refractivity contribution in [3.8, 4) is 0 Å². The Kier molecular flexibility index (Phi) is 5.99. The van der Waals surface area contributed by atoms with Crippen LogP contribution in [0.3, 0.4) is 0 Å².